The first-order valence-corrected chi connectivity index (χ1v) is 9.64. The largest absolute Gasteiger partial charge is 0.347 e. The van der Waals surface area contributed by atoms with Gasteiger partial charge in [-0.2, -0.15) is 0 Å². The average molecular weight is 394 g/mol. The fraction of sp³-hybridized carbons (Fsp3) is 0.333. The second-order valence-electron chi connectivity index (χ2n) is 6.67. The maximum Gasteiger partial charge on any atom is 0.322 e. The highest BCUT2D eigenvalue weighted by Crippen LogP contribution is 2.38. The van der Waals surface area contributed by atoms with E-state index in [1.165, 1.54) is 23.5 Å². The number of nitrogens with one attached hydrogen (secondary N) is 2. The summed E-state index contributed by atoms with van der Waals surface area (Å²) in [6, 6.07) is 7.25. The van der Waals surface area contributed by atoms with Crippen molar-refractivity contribution in [1.29, 1.82) is 0 Å². The lowest BCUT2D eigenvalue weighted by Crippen LogP contribution is -2.52. The van der Waals surface area contributed by atoms with Gasteiger partial charge in [0.05, 0.1) is 22.6 Å². The van der Waals surface area contributed by atoms with Crippen molar-refractivity contribution in [3.8, 4) is 0 Å². The van der Waals surface area contributed by atoms with Gasteiger partial charge in [-0.15, -0.1) is 11.3 Å². The highest BCUT2D eigenvalue weighted by Gasteiger charge is 2.47. The number of carbonyl (C=O) groups is 2. The Labute approximate surface area is 159 Å². The van der Waals surface area contributed by atoms with Crippen molar-refractivity contribution >= 4 is 40.6 Å². The van der Waals surface area contributed by atoms with Crippen LogP contribution < -0.4 is 10.6 Å². The van der Waals surface area contributed by atoms with Crippen molar-refractivity contribution in [2.24, 2.45) is 5.92 Å². The Kier molecular flexibility index (Phi) is 4.58. The highest BCUT2D eigenvalue weighted by atomic mass is 35.5. The molecule has 1 saturated heterocycles. The third-order valence-electron chi connectivity index (χ3n) is 4.98. The van der Waals surface area contributed by atoms with Crippen LogP contribution in [0.2, 0.25) is 5.02 Å². The summed E-state index contributed by atoms with van der Waals surface area (Å²) < 4.78 is 13.9. The predicted molar refractivity (Wildman–Crippen MR) is 99.2 cm³/mol. The molecule has 0 radical (unpaired) electrons. The van der Waals surface area contributed by atoms with Crippen molar-refractivity contribution in [2.75, 3.05) is 11.9 Å². The quantitative estimate of drug-likeness (QED) is 0.829. The zero-order valence-corrected chi connectivity index (χ0v) is 15.3. The molecule has 136 valence electrons. The molecule has 2 N–H and O–H groups in total. The molecule has 1 aromatic heterocycles. The Bertz CT molecular complexity index is 845. The molecule has 1 aliphatic carbocycles. The summed E-state index contributed by atoms with van der Waals surface area (Å²) in [4.78, 5) is 27.3. The van der Waals surface area contributed by atoms with Crippen molar-refractivity contribution in [3.05, 3.63) is 51.4 Å². The van der Waals surface area contributed by atoms with Gasteiger partial charge in [0, 0.05) is 11.6 Å². The minimum absolute atomic E-state index is 0.0701. The summed E-state index contributed by atoms with van der Waals surface area (Å²) in [5.74, 6) is -0.325. The molecule has 5 nitrogen and oxygen atoms in total. The molecule has 3 atom stereocenters. The minimum Gasteiger partial charge on any atom is -0.347 e. The Balaban J connectivity index is 1.43. The van der Waals surface area contributed by atoms with E-state index in [0.29, 0.717) is 17.3 Å². The number of nitrogens with zero attached hydrogens (tertiary/aromatic N) is 1. The first-order chi connectivity index (χ1) is 12.5. The first-order valence-electron chi connectivity index (χ1n) is 8.38. The van der Waals surface area contributed by atoms with Crippen molar-refractivity contribution < 1.29 is 14.0 Å². The first kappa shape index (κ1) is 17.3. The Morgan fingerprint density at radius 2 is 2.12 bits per heavy atom. The van der Waals surface area contributed by atoms with Gasteiger partial charge in [-0.25, -0.2) is 9.18 Å². The Hall–Kier alpha value is -2.12. The summed E-state index contributed by atoms with van der Waals surface area (Å²) in [7, 11) is 0. The molecule has 8 heteroatoms. The third kappa shape index (κ3) is 3.29. The standard InChI is InChI=1S/C18H17ClFN3O2S/c19-11-3-4-13(12(20)8-11)22-18(25)23-9-10-6-14(15(23)7-10)21-17(24)16-2-1-5-26-16/h1-5,8,10,14-15H,6-7,9H2,(H,21,24)(H,22,25). The van der Waals surface area contributed by atoms with Crippen LogP contribution in [-0.2, 0) is 0 Å². The van der Waals surface area contributed by atoms with Crippen LogP contribution in [-0.4, -0.2) is 35.5 Å². The molecule has 3 unspecified atom stereocenters. The average Bonchev–Trinajstić information content (AvgIpc) is 3.33. The molecule has 1 aromatic carbocycles. The number of halogens is 2. The minimum atomic E-state index is -0.572. The molecule has 26 heavy (non-hydrogen) atoms. The molecular weight excluding hydrogens is 377 g/mol. The Morgan fingerprint density at radius 3 is 2.81 bits per heavy atom. The fourth-order valence-corrected chi connectivity index (χ4v) is 4.62. The summed E-state index contributed by atoms with van der Waals surface area (Å²) in [5.41, 5.74) is 0.0985. The summed E-state index contributed by atoms with van der Waals surface area (Å²) in [6.07, 6.45) is 1.72. The number of benzene rings is 1. The topological polar surface area (TPSA) is 61.4 Å². The molecule has 1 aliphatic heterocycles. The second kappa shape index (κ2) is 6.89. The van der Waals surface area contributed by atoms with E-state index < -0.39 is 5.82 Å². The SMILES string of the molecule is O=C(NC1CC2CC1N(C(=O)Nc1ccc(Cl)cc1F)C2)c1cccs1. The molecule has 0 spiro atoms. The van der Waals surface area contributed by atoms with Gasteiger partial charge in [0.2, 0.25) is 0 Å². The number of fused-ring (bicyclic) bond motifs is 2. The van der Waals surface area contributed by atoms with Gasteiger partial charge in [0.15, 0.2) is 0 Å². The number of carbonyl (C=O) groups excluding carboxylic acids is 2. The highest BCUT2D eigenvalue weighted by molar-refractivity contribution is 7.12. The Morgan fingerprint density at radius 1 is 1.27 bits per heavy atom. The monoisotopic (exact) mass is 393 g/mol. The van der Waals surface area contributed by atoms with E-state index in [1.807, 2.05) is 11.4 Å². The maximum absolute atomic E-state index is 13.9. The van der Waals surface area contributed by atoms with E-state index in [2.05, 4.69) is 10.6 Å². The molecule has 4 rings (SSSR count). The zero-order valence-electron chi connectivity index (χ0n) is 13.7. The number of rotatable bonds is 3. The number of thiophene rings is 1. The van der Waals surface area contributed by atoms with Gasteiger partial charge in [-0.05, 0) is 48.4 Å². The van der Waals surface area contributed by atoms with Crippen LogP contribution in [0.5, 0.6) is 0 Å². The van der Waals surface area contributed by atoms with E-state index in [4.69, 9.17) is 11.6 Å². The molecule has 2 bridgehead atoms. The molecule has 2 aromatic rings. The van der Waals surface area contributed by atoms with Gasteiger partial charge < -0.3 is 15.5 Å². The number of piperidine rings is 1. The van der Waals surface area contributed by atoms with Crippen LogP contribution in [0.15, 0.2) is 35.7 Å². The second-order valence-corrected chi connectivity index (χ2v) is 8.05. The normalized spacial score (nSPS) is 23.9. The van der Waals surface area contributed by atoms with E-state index in [1.54, 1.807) is 11.0 Å². The molecule has 1 saturated carbocycles. The van der Waals surface area contributed by atoms with Gasteiger partial charge in [-0.3, -0.25) is 4.79 Å². The molecular formula is C18H17ClFN3O2S. The smallest absolute Gasteiger partial charge is 0.322 e. The molecule has 2 fully saturated rings. The molecule has 2 heterocycles. The maximum atomic E-state index is 13.9. The number of anilines is 1. The van der Waals surface area contributed by atoms with Crippen LogP contribution in [0.4, 0.5) is 14.9 Å². The number of hydrogen-bond acceptors (Lipinski definition) is 3. The van der Waals surface area contributed by atoms with Crippen LogP contribution >= 0.6 is 22.9 Å². The van der Waals surface area contributed by atoms with Crippen LogP contribution in [0.3, 0.4) is 0 Å². The summed E-state index contributed by atoms with van der Waals surface area (Å²) >= 11 is 7.13. The zero-order chi connectivity index (χ0) is 18.3. The lowest BCUT2D eigenvalue weighted by Gasteiger charge is -2.33. The van der Waals surface area contributed by atoms with Crippen molar-refractivity contribution in [2.45, 2.75) is 24.9 Å². The van der Waals surface area contributed by atoms with E-state index in [0.717, 1.165) is 18.9 Å². The lowest BCUT2D eigenvalue weighted by atomic mass is 10.1. The van der Waals surface area contributed by atoms with Gasteiger partial charge in [0.1, 0.15) is 5.82 Å². The number of urea groups is 1. The number of likely N-dealkylation sites (tertiary alicyclic amines) is 1. The van der Waals surface area contributed by atoms with Gasteiger partial charge >= 0.3 is 6.03 Å². The third-order valence-corrected chi connectivity index (χ3v) is 6.08. The van der Waals surface area contributed by atoms with E-state index in [-0.39, 0.29) is 34.7 Å². The van der Waals surface area contributed by atoms with Crippen molar-refractivity contribution in [3.63, 3.8) is 0 Å². The van der Waals surface area contributed by atoms with Crippen LogP contribution in [0.25, 0.3) is 0 Å². The van der Waals surface area contributed by atoms with Crippen LogP contribution in [0.1, 0.15) is 22.5 Å². The van der Waals surface area contributed by atoms with E-state index in [9.17, 15) is 14.0 Å². The predicted octanol–water partition coefficient (Wildman–Crippen LogP) is 3.97. The van der Waals surface area contributed by atoms with E-state index >= 15 is 0 Å². The summed E-state index contributed by atoms with van der Waals surface area (Å²) in [5, 5.41) is 7.78. The molecule has 2 aliphatic rings. The summed E-state index contributed by atoms with van der Waals surface area (Å²) in [6.45, 7) is 0.622. The fourth-order valence-electron chi connectivity index (χ4n) is 3.84. The molecule has 3 amide bonds. The van der Waals surface area contributed by atoms with Gasteiger partial charge in [-0.1, -0.05) is 17.7 Å². The number of hydrogen-bond donors (Lipinski definition) is 2. The van der Waals surface area contributed by atoms with Gasteiger partial charge in [0.25, 0.3) is 5.91 Å². The van der Waals surface area contributed by atoms with Crippen LogP contribution in [0, 0.1) is 11.7 Å². The lowest BCUT2D eigenvalue weighted by molar-refractivity contribution is 0.0910. The van der Waals surface area contributed by atoms with Crippen molar-refractivity contribution in [1.82, 2.24) is 10.2 Å². The number of amides is 3.